The molecule has 6 nitrogen and oxygen atoms in total. The number of sulfonamides is 1. The Hall–Kier alpha value is -2.09. The second kappa shape index (κ2) is 5.60. The van der Waals surface area contributed by atoms with Crippen LogP contribution < -0.4 is 9.88 Å². The standard InChI is InChI=1S/C14H12ClN3O3S/c15-10-6-11-12(7-13(10)22(16,19)20)18-14(17-11)8-21-9-4-2-1-3-5-9/h1-7H,8H2,(H,17,18)(H2,16,19,20). The van der Waals surface area contributed by atoms with Gasteiger partial charge < -0.3 is 9.72 Å². The van der Waals surface area contributed by atoms with Gasteiger partial charge >= 0.3 is 0 Å². The number of hydrogen-bond donors (Lipinski definition) is 2. The van der Waals surface area contributed by atoms with Crippen LogP contribution in [0.4, 0.5) is 0 Å². The molecule has 0 amide bonds. The van der Waals surface area contributed by atoms with Gasteiger partial charge in [0.2, 0.25) is 10.0 Å². The van der Waals surface area contributed by atoms with Crippen molar-refractivity contribution in [3.8, 4) is 5.75 Å². The fraction of sp³-hybridized carbons (Fsp3) is 0.0714. The normalized spacial score (nSPS) is 11.7. The van der Waals surface area contributed by atoms with Crippen molar-refractivity contribution in [3.05, 3.63) is 53.3 Å². The minimum absolute atomic E-state index is 0.0389. The summed E-state index contributed by atoms with van der Waals surface area (Å²) in [6.07, 6.45) is 0. The largest absolute Gasteiger partial charge is 0.486 e. The maximum Gasteiger partial charge on any atom is 0.239 e. The van der Waals surface area contributed by atoms with Gasteiger partial charge in [-0.3, -0.25) is 0 Å². The van der Waals surface area contributed by atoms with E-state index >= 15 is 0 Å². The molecule has 3 rings (SSSR count). The number of aromatic nitrogens is 2. The van der Waals surface area contributed by atoms with Crippen molar-refractivity contribution in [2.45, 2.75) is 11.5 Å². The van der Waals surface area contributed by atoms with Crippen LogP contribution in [0.15, 0.2) is 47.4 Å². The SMILES string of the molecule is NS(=O)(=O)c1cc2[nH]c(COc3ccccc3)nc2cc1Cl. The molecule has 0 fully saturated rings. The van der Waals surface area contributed by atoms with Crippen LogP contribution in [0.5, 0.6) is 5.75 Å². The fourth-order valence-electron chi connectivity index (χ4n) is 2.02. The van der Waals surface area contributed by atoms with E-state index in [9.17, 15) is 8.42 Å². The highest BCUT2D eigenvalue weighted by molar-refractivity contribution is 7.89. The first-order chi connectivity index (χ1) is 10.4. The lowest BCUT2D eigenvalue weighted by Gasteiger charge is -2.02. The molecule has 8 heteroatoms. The van der Waals surface area contributed by atoms with Crippen molar-refractivity contribution in [1.29, 1.82) is 0 Å². The highest BCUT2D eigenvalue weighted by Crippen LogP contribution is 2.25. The molecule has 1 heterocycles. The van der Waals surface area contributed by atoms with Crippen molar-refractivity contribution in [2.24, 2.45) is 5.14 Å². The van der Waals surface area contributed by atoms with Gasteiger partial charge in [0, 0.05) is 0 Å². The molecule has 0 unspecified atom stereocenters. The maximum atomic E-state index is 11.4. The van der Waals surface area contributed by atoms with E-state index in [4.69, 9.17) is 21.5 Å². The van der Waals surface area contributed by atoms with E-state index in [1.807, 2.05) is 30.3 Å². The zero-order chi connectivity index (χ0) is 15.7. The summed E-state index contributed by atoms with van der Waals surface area (Å²) in [5, 5.41) is 5.16. The predicted octanol–water partition coefficient (Wildman–Crippen LogP) is 2.44. The number of nitrogens with two attached hydrogens (primary N) is 1. The Morgan fingerprint density at radius 1 is 1.23 bits per heavy atom. The van der Waals surface area contributed by atoms with E-state index in [1.165, 1.54) is 12.1 Å². The van der Waals surface area contributed by atoms with E-state index in [2.05, 4.69) is 9.97 Å². The molecular weight excluding hydrogens is 326 g/mol. The van der Waals surface area contributed by atoms with Gasteiger partial charge in [-0.25, -0.2) is 18.5 Å². The molecule has 0 radical (unpaired) electrons. The third-order valence-corrected chi connectivity index (χ3v) is 4.39. The monoisotopic (exact) mass is 337 g/mol. The van der Waals surface area contributed by atoms with Gasteiger partial charge in [0.1, 0.15) is 23.1 Å². The zero-order valence-corrected chi connectivity index (χ0v) is 12.9. The number of aromatic amines is 1. The molecule has 114 valence electrons. The highest BCUT2D eigenvalue weighted by atomic mass is 35.5. The topological polar surface area (TPSA) is 98.1 Å². The van der Waals surface area contributed by atoms with E-state index in [-0.39, 0.29) is 16.5 Å². The Morgan fingerprint density at radius 2 is 1.95 bits per heavy atom. The number of halogens is 1. The van der Waals surface area contributed by atoms with Gasteiger partial charge in [-0.05, 0) is 24.3 Å². The van der Waals surface area contributed by atoms with Crippen LogP contribution in [-0.4, -0.2) is 18.4 Å². The fourth-order valence-corrected chi connectivity index (χ4v) is 3.11. The Morgan fingerprint density at radius 3 is 2.64 bits per heavy atom. The third-order valence-electron chi connectivity index (χ3n) is 3.01. The zero-order valence-electron chi connectivity index (χ0n) is 11.3. The van der Waals surface area contributed by atoms with Crippen LogP contribution in [0, 0.1) is 0 Å². The summed E-state index contributed by atoms with van der Waals surface area (Å²) in [7, 11) is -3.88. The highest BCUT2D eigenvalue weighted by Gasteiger charge is 2.16. The van der Waals surface area contributed by atoms with Crippen LogP contribution in [-0.2, 0) is 16.6 Å². The Labute approximate surface area is 131 Å². The molecule has 0 aliphatic carbocycles. The number of para-hydroxylation sites is 1. The van der Waals surface area contributed by atoms with Crippen molar-refractivity contribution in [3.63, 3.8) is 0 Å². The lowest BCUT2D eigenvalue weighted by atomic mass is 10.3. The van der Waals surface area contributed by atoms with E-state index in [0.29, 0.717) is 22.6 Å². The Balaban J connectivity index is 1.90. The number of primary sulfonamides is 1. The molecular formula is C14H12ClN3O3S. The molecule has 3 aromatic rings. The lowest BCUT2D eigenvalue weighted by Crippen LogP contribution is -2.12. The van der Waals surface area contributed by atoms with Crippen LogP contribution in [0.2, 0.25) is 5.02 Å². The molecule has 0 bridgehead atoms. The number of fused-ring (bicyclic) bond motifs is 1. The van der Waals surface area contributed by atoms with Gasteiger partial charge in [0.05, 0.1) is 16.1 Å². The van der Waals surface area contributed by atoms with Gasteiger partial charge in [0.15, 0.2) is 0 Å². The van der Waals surface area contributed by atoms with Gasteiger partial charge in [-0.2, -0.15) is 0 Å². The molecule has 0 saturated carbocycles. The summed E-state index contributed by atoms with van der Waals surface area (Å²) in [5.74, 6) is 1.27. The lowest BCUT2D eigenvalue weighted by molar-refractivity contribution is 0.297. The first kappa shape index (κ1) is 14.8. The average Bonchev–Trinajstić information content (AvgIpc) is 2.86. The van der Waals surface area contributed by atoms with Crippen LogP contribution >= 0.6 is 11.6 Å². The van der Waals surface area contributed by atoms with Crippen molar-refractivity contribution in [1.82, 2.24) is 9.97 Å². The average molecular weight is 338 g/mol. The number of imidazole rings is 1. The van der Waals surface area contributed by atoms with Crippen molar-refractivity contribution in [2.75, 3.05) is 0 Å². The van der Waals surface area contributed by atoms with Crippen LogP contribution in [0.3, 0.4) is 0 Å². The van der Waals surface area contributed by atoms with E-state index < -0.39 is 10.0 Å². The summed E-state index contributed by atoms with van der Waals surface area (Å²) < 4.78 is 28.5. The Kier molecular flexibility index (Phi) is 3.78. The number of benzene rings is 2. The van der Waals surface area contributed by atoms with Crippen LogP contribution in [0.25, 0.3) is 11.0 Å². The number of rotatable bonds is 4. The van der Waals surface area contributed by atoms with Gasteiger partial charge in [0.25, 0.3) is 0 Å². The summed E-state index contributed by atoms with van der Waals surface area (Å²) in [4.78, 5) is 7.16. The molecule has 2 aromatic carbocycles. The smallest absolute Gasteiger partial charge is 0.239 e. The summed E-state index contributed by atoms with van der Waals surface area (Å²) in [6, 6.07) is 12.1. The van der Waals surface area contributed by atoms with Gasteiger partial charge in [-0.1, -0.05) is 29.8 Å². The molecule has 1 aromatic heterocycles. The molecule has 22 heavy (non-hydrogen) atoms. The first-order valence-corrected chi connectivity index (χ1v) is 8.25. The molecule has 0 aliphatic heterocycles. The Bertz CT molecular complexity index is 923. The van der Waals surface area contributed by atoms with Gasteiger partial charge in [-0.15, -0.1) is 0 Å². The molecule has 0 saturated heterocycles. The molecule has 0 atom stereocenters. The number of H-pyrrole nitrogens is 1. The molecule has 0 spiro atoms. The summed E-state index contributed by atoms with van der Waals surface area (Å²) in [5.41, 5.74) is 1.07. The summed E-state index contributed by atoms with van der Waals surface area (Å²) in [6.45, 7) is 0.223. The predicted molar refractivity (Wildman–Crippen MR) is 83.3 cm³/mol. The first-order valence-electron chi connectivity index (χ1n) is 6.32. The second-order valence-electron chi connectivity index (χ2n) is 4.63. The third kappa shape index (κ3) is 3.06. The van der Waals surface area contributed by atoms with Crippen LogP contribution in [0.1, 0.15) is 5.82 Å². The summed E-state index contributed by atoms with van der Waals surface area (Å²) >= 11 is 5.93. The minimum atomic E-state index is -3.88. The number of nitrogens with zero attached hydrogens (tertiary/aromatic N) is 1. The number of hydrogen-bond acceptors (Lipinski definition) is 4. The van der Waals surface area contributed by atoms with E-state index in [0.717, 1.165) is 0 Å². The minimum Gasteiger partial charge on any atom is -0.486 e. The van der Waals surface area contributed by atoms with Crippen molar-refractivity contribution >= 4 is 32.7 Å². The molecule has 3 N–H and O–H groups in total. The molecule has 0 aliphatic rings. The maximum absolute atomic E-state index is 11.4. The number of nitrogens with one attached hydrogen (secondary N) is 1. The quantitative estimate of drug-likeness (QED) is 0.764. The van der Waals surface area contributed by atoms with Crippen molar-refractivity contribution < 1.29 is 13.2 Å². The number of ether oxygens (including phenoxy) is 1. The second-order valence-corrected chi connectivity index (χ2v) is 6.57. The van der Waals surface area contributed by atoms with E-state index in [1.54, 1.807) is 0 Å².